The monoisotopic (exact) mass is 445 g/mol. The van der Waals surface area contributed by atoms with Crippen molar-refractivity contribution < 1.29 is 9.84 Å². The molecule has 0 aromatic carbocycles. The van der Waals surface area contributed by atoms with Crippen LogP contribution >= 0.6 is 0 Å². The topological polar surface area (TPSA) is 58.9 Å². The van der Waals surface area contributed by atoms with Crippen LogP contribution in [0.15, 0.2) is 5.18 Å². The number of rotatable bonds is 4. The van der Waals surface area contributed by atoms with Gasteiger partial charge in [0.15, 0.2) is 0 Å². The van der Waals surface area contributed by atoms with Gasteiger partial charge in [0.1, 0.15) is 0 Å². The third-order valence-electron chi connectivity index (χ3n) is 13.2. The van der Waals surface area contributed by atoms with E-state index in [1.165, 1.54) is 51.4 Å². The van der Waals surface area contributed by atoms with Crippen LogP contribution in [0.4, 0.5) is 0 Å². The molecule has 4 unspecified atom stereocenters. The summed E-state index contributed by atoms with van der Waals surface area (Å²) in [5.41, 5.74) is 1.02. The molecule has 0 radical (unpaired) electrons. The fraction of sp³-hybridized carbons (Fsp3) is 1.00. The summed E-state index contributed by atoms with van der Waals surface area (Å²) in [6.07, 6.45) is 13.9. The second-order valence-electron chi connectivity index (χ2n) is 13.8. The van der Waals surface area contributed by atoms with Crippen molar-refractivity contribution in [3.63, 3.8) is 0 Å². The molecule has 0 aromatic rings. The van der Waals surface area contributed by atoms with E-state index in [1.54, 1.807) is 0 Å². The molecule has 0 saturated heterocycles. The maximum Gasteiger partial charge on any atom is 0.0998 e. The van der Waals surface area contributed by atoms with Gasteiger partial charge in [-0.2, -0.15) is 4.91 Å². The maximum atomic E-state index is 11.7. The van der Waals surface area contributed by atoms with Crippen molar-refractivity contribution in [1.29, 1.82) is 0 Å². The minimum atomic E-state index is -0.362. The number of hydrogen-bond donors (Lipinski definition) is 1. The summed E-state index contributed by atoms with van der Waals surface area (Å²) in [6, 6.07) is -0.232. The normalized spacial score (nSPS) is 57.1. The number of methoxy groups -OCH3 is 1. The van der Waals surface area contributed by atoms with Crippen molar-refractivity contribution in [2.75, 3.05) is 20.3 Å². The van der Waals surface area contributed by atoms with Gasteiger partial charge in [0, 0.05) is 12.5 Å². The van der Waals surface area contributed by atoms with Crippen molar-refractivity contribution in [2.45, 2.75) is 104 Å². The molecule has 32 heavy (non-hydrogen) atoms. The third-order valence-corrected chi connectivity index (χ3v) is 13.2. The van der Waals surface area contributed by atoms with E-state index in [1.807, 2.05) is 7.11 Å². The van der Waals surface area contributed by atoms with Crippen LogP contribution in [0, 0.1) is 55.7 Å². The highest BCUT2D eigenvalue weighted by Crippen LogP contribution is 2.76. The van der Waals surface area contributed by atoms with Crippen LogP contribution in [0.1, 0.15) is 98.3 Å². The first-order valence-electron chi connectivity index (χ1n) is 13.6. The summed E-state index contributed by atoms with van der Waals surface area (Å²) in [6.45, 7) is 11.1. The highest BCUT2D eigenvalue weighted by atomic mass is 16.5. The van der Waals surface area contributed by atoms with Gasteiger partial charge in [-0.25, -0.2) is 0 Å². The van der Waals surface area contributed by atoms with E-state index in [-0.39, 0.29) is 23.5 Å². The summed E-state index contributed by atoms with van der Waals surface area (Å²) in [4.78, 5) is 11.7. The Hall–Kier alpha value is -0.480. The van der Waals surface area contributed by atoms with Crippen molar-refractivity contribution >= 4 is 0 Å². The van der Waals surface area contributed by atoms with E-state index in [0.717, 1.165) is 37.7 Å². The molecule has 5 rings (SSSR count). The van der Waals surface area contributed by atoms with Gasteiger partial charge in [0.05, 0.1) is 19.3 Å². The number of aliphatic hydroxyl groups excluding tert-OH is 1. The average molecular weight is 446 g/mol. The second kappa shape index (κ2) is 7.51. The fourth-order valence-electron chi connectivity index (χ4n) is 11.4. The van der Waals surface area contributed by atoms with Gasteiger partial charge in [-0.15, -0.1) is 0 Å². The largest absolute Gasteiger partial charge is 0.396 e. The van der Waals surface area contributed by atoms with E-state index in [0.29, 0.717) is 28.1 Å². The summed E-state index contributed by atoms with van der Waals surface area (Å²) in [5, 5.41) is 14.0. The van der Waals surface area contributed by atoms with E-state index in [4.69, 9.17) is 4.74 Å². The molecule has 0 heterocycles. The fourth-order valence-corrected chi connectivity index (χ4v) is 11.4. The first-order chi connectivity index (χ1) is 15.1. The van der Waals surface area contributed by atoms with Crippen LogP contribution in [0.25, 0.3) is 0 Å². The Morgan fingerprint density at radius 1 is 0.844 bits per heavy atom. The molecule has 0 spiro atoms. The molecule has 5 saturated carbocycles. The van der Waals surface area contributed by atoms with Gasteiger partial charge in [-0.05, 0) is 110 Å². The van der Waals surface area contributed by atoms with Crippen LogP contribution in [0.2, 0.25) is 0 Å². The number of fused-ring (bicyclic) bond motifs is 7. The highest BCUT2D eigenvalue weighted by molar-refractivity contribution is 5.19. The van der Waals surface area contributed by atoms with Crippen molar-refractivity contribution in [1.82, 2.24) is 0 Å². The molecule has 4 heteroatoms. The molecule has 5 aliphatic carbocycles. The average Bonchev–Trinajstić information content (AvgIpc) is 3.18. The summed E-state index contributed by atoms with van der Waals surface area (Å²) < 4.78 is 5.81. The van der Waals surface area contributed by atoms with Crippen LogP contribution in [0.5, 0.6) is 0 Å². The minimum Gasteiger partial charge on any atom is -0.396 e. The first kappa shape index (κ1) is 23.3. The SMILES string of the molecule is COC[C@]12CCCC1C1CCC3[C@@]4(C)CC[C@H](N=O)[C@@](C)(CO)C4CC[C@@]3(C)[C@]1(C)CC2. The number of hydrogen-bond acceptors (Lipinski definition) is 4. The predicted molar refractivity (Wildman–Crippen MR) is 128 cm³/mol. The molecule has 4 nitrogen and oxygen atoms in total. The highest BCUT2D eigenvalue weighted by Gasteiger charge is 2.70. The van der Waals surface area contributed by atoms with Gasteiger partial charge in [0.25, 0.3) is 0 Å². The number of ether oxygens (including phenoxy) is 1. The Bertz CT molecular complexity index is 757. The van der Waals surface area contributed by atoms with Gasteiger partial charge >= 0.3 is 0 Å². The molecule has 5 aliphatic rings. The van der Waals surface area contributed by atoms with E-state index in [9.17, 15) is 10.0 Å². The summed E-state index contributed by atoms with van der Waals surface area (Å²) >= 11 is 0. The number of nitrogens with zero attached hydrogens (tertiary/aromatic N) is 1. The Balaban J connectivity index is 1.51. The number of nitroso groups, excluding NO2 is 1. The van der Waals surface area contributed by atoms with Gasteiger partial charge in [0.2, 0.25) is 0 Å². The zero-order valence-corrected chi connectivity index (χ0v) is 21.3. The Morgan fingerprint density at radius 3 is 2.31 bits per heavy atom. The van der Waals surface area contributed by atoms with Crippen molar-refractivity contribution in [3.8, 4) is 0 Å². The maximum absolute atomic E-state index is 11.7. The molecule has 0 aliphatic heterocycles. The molecule has 1 N–H and O–H groups in total. The van der Waals surface area contributed by atoms with Crippen LogP contribution in [-0.4, -0.2) is 31.5 Å². The van der Waals surface area contributed by atoms with Crippen LogP contribution in [-0.2, 0) is 4.74 Å². The predicted octanol–water partition coefficient (Wildman–Crippen LogP) is 6.60. The molecule has 10 atom stereocenters. The molecule has 182 valence electrons. The lowest BCUT2D eigenvalue weighted by molar-refractivity contribution is -0.242. The molecule has 0 aromatic heterocycles. The zero-order valence-electron chi connectivity index (χ0n) is 21.3. The first-order valence-corrected chi connectivity index (χ1v) is 13.6. The second-order valence-corrected chi connectivity index (χ2v) is 13.8. The standard InChI is InChI=1S/C28H47NO3/c1-24-13-11-23(29-31)25(2,17-30)21(24)10-14-27(4)22(24)9-8-19-20-7-6-12-28(20,18-32-5)16-15-26(19,27)3/h19-23,30H,6-18H2,1-5H3/t19?,20?,21?,22?,23-,24-,25-,26+,27+,28+/m0/s1. The van der Waals surface area contributed by atoms with E-state index in [2.05, 4.69) is 32.9 Å². The van der Waals surface area contributed by atoms with Crippen molar-refractivity contribution in [3.05, 3.63) is 4.91 Å². The van der Waals surface area contributed by atoms with Crippen LogP contribution < -0.4 is 0 Å². The van der Waals surface area contributed by atoms with Crippen molar-refractivity contribution in [2.24, 2.45) is 55.9 Å². The lowest BCUT2D eigenvalue weighted by atomic mass is 9.32. The lowest BCUT2D eigenvalue weighted by Gasteiger charge is -2.72. The third kappa shape index (κ3) is 2.69. The van der Waals surface area contributed by atoms with Gasteiger partial charge < -0.3 is 9.84 Å². The van der Waals surface area contributed by atoms with Gasteiger partial charge in [-0.3, -0.25) is 0 Å². The molecule has 5 fully saturated rings. The Kier molecular flexibility index (Phi) is 5.46. The van der Waals surface area contributed by atoms with E-state index >= 15 is 0 Å². The molecular formula is C28H47NO3. The smallest absolute Gasteiger partial charge is 0.0998 e. The molecule has 0 amide bonds. The Labute approximate surface area is 195 Å². The van der Waals surface area contributed by atoms with Gasteiger partial charge in [-0.1, -0.05) is 39.3 Å². The minimum absolute atomic E-state index is 0.0919. The zero-order chi connectivity index (χ0) is 23.0. The Morgan fingerprint density at radius 2 is 1.62 bits per heavy atom. The number of aliphatic hydroxyl groups is 1. The summed E-state index contributed by atoms with van der Waals surface area (Å²) in [7, 11) is 1.90. The summed E-state index contributed by atoms with van der Waals surface area (Å²) in [5.74, 6) is 2.75. The molecular weight excluding hydrogens is 398 g/mol. The molecule has 0 bridgehead atoms. The lowest BCUT2D eigenvalue weighted by Crippen LogP contribution is -2.67. The quantitative estimate of drug-likeness (QED) is 0.496. The van der Waals surface area contributed by atoms with Crippen LogP contribution in [0.3, 0.4) is 0 Å². The van der Waals surface area contributed by atoms with E-state index < -0.39 is 0 Å².